The smallest absolute Gasteiger partial charge is 0.239 e. The number of fused-ring (bicyclic) bond motifs is 1. The van der Waals surface area contributed by atoms with E-state index in [9.17, 15) is 9.59 Å². The van der Waals surface area contributed by atoms with E-state index in [0.717, 1.165) is 6.42 Å². The number of carbonyl (C=O) groups excluding carboxylic acids is 2. The number of hydrogen-bond acceptors (Lipinski definition) is 3. The van der Waals surface area contributed by atoms with E-state index in [0.29, 0.717) is 5.69 Å². The van der Waals surface area contributed by atoms with Gasteiger partial charge in [-0.05, 0) is 28.7 Å². The molecule has 3 aromatic rings. The molecule has 1 saturated carbocycles. The lowest BCUT2D eigenvalue weighted by Gasteiger charge is -2.06. The summed E-state index contributed by atoms with van der Waals surface area (Å²) in [4.78, 5) is 23.4. The second kappa shape index (κ2) is 6.05. The molecule has 3 N–H and O–H groups in total. The van der Waals surface area contributed by atoms with Gasteiger partial charge in [0.05, 0.1) is 11.9 Å². The highest BCUT2D eigenvalue weighted by Crippen LogP contribution is 2.49. The molecule has 0 aliphatic heterocycles. The maximum Gasteiger partial charge on any atom is 0.239 e. The predicted molar refractivity (Wildman–Crippen MR) is 94.8 cm³/mol. The first-order valence-corrected chi connectivity index (χ1v) is 8.21. The van der Waals surface area contributed by atoms with Crippen molar-refractivity contribution in [3.63, 3.8) is 0 Å². The third-order valence-corrected chi connectivity index (χ3v) is 4.57. The Morgan fingerprint density at radius 1 is 1.20 bits per heavy atom. The fraction of sp³-hybridized carbons (Fsp3) is 0.211. The van der Waals surface area contributed by atoms with Gasteiger partial charge in [-0.25, -0.2) is 0 Å². The van der Waals surface area contributed by atoms with Crippen molar-refractivity contribution in [1.29, 1.82) is 0 Å². The average molecular weight is 334 g/mol. The molecule has 6 nitrogen and oxygen atoms in total. The molecule has 126 valence electrons. The normalized spacial score (nSPS) is 18.9. The number of rotatable bonds is 5. The van der Waals surface area contributed by atoms with Gasteiger partial charge in [-0.3, -0.25) is 14.3 Å². The first kappa shape index (κ1) is 15.4. The monoisotopic (exact) mass is 334 g/mol. The zero-order chi connectivity index (χ0) is 17.4. The fourth-order valence-corrected chi connectivity index (χ4v) is 3.31. The van der Waals surface area contributed by atoms with E-state index < -0.39 is 5.91 Å². The van der Waals surface area contributed by atoms with Crippen molar-refractivity contribution < 1.29 is 9.59 Å². The first-order chi connectivity index (χ1) is 12.1. The number of anilines is 1. The third kappa shape index (κ3) is 3.10. The summed E-state index contributed by atoms with van der Waals surface area (Å²) in [6, 6.07) is 14.5. The number of hydrogen-bond donors (Lipinski definition) is 2. The van der Waals surface area contributed by atoms with Crippen LogP contribution >= 0.6 is 0 Å². The lowest BCUT2D eigenvalue weighted by molar-refractivity contribution is -0.119. The lowest BCUT2D eigenvalue weighted by Crippen LogP contribution is -2.19. The van der Waals surface area contributed by atoms with Gasteiger partial charge in [0.25, 0.3) is 0 Å². The number of amides is 2. The molecule has 1 aliphatic rings. The van der Waals surface area contributed by atoms with E-state index >= 15 is 0 Å². The van der Waals surface area contributed by atoms with Crippen LogP contribution in [0.1, 0.15) is 17.9 Å². The van der Waals surface area contributed by atoms with Crippen LogP contribution in [0.2, 0.25) is 0 Å². The topological polar surface area (TPSA) is 90.0 Å². The summed E-state index contributed by atoms with van der Waals surface area (Å²) < 4.78 is 1.41. The predicted octanol–water partition coefficient (Wildman–Crippen LogP) is 2.26. The van der Waals surface area contributed by atoms with Gasteiger partial charge in [-0.15, -0.1) is 0 Å². The van der Waals surface area contributed by atoms with Gasteiger partial charge in [-0.1, -0.05) is 42.5 Å². The van der Waals surface area contributed by atoms with E-state index in [1.165, 1.54) is 27.2 Å². The van der Waals surface area contributed by atoms with Crippen LogP contribution in [-0.4, -0.2) is 21.6 Å². The summed E-state index contributed by atoms with van der Waals surface area (Å²) in [6.07, 6.45) is 3.98. The highest BCUT2D eigenvalue weighted by molar-refractivity contribution is 5.96. The van der Waals surface area contributed by atoms with Crippen molar-refractivity contribution >= 4 is 28.3 Å². The lowest BCUT2D eigenvalue weighted by atomic mass is 10.00. The van der Waals surface area contributed by atoms with Crippen LogP contribution in [0.5, 0.6) is 0 Å². The fourth-order valence-electron chi connectivity index (χ4n) is 3.31. The molecule has 0 saturated heterocycles. The van der Waals surface area contributed by atoms with E-state index in [1.54, 1.807) is 6.20 Å². The standard InChI is InChI=1S/C19H18N4O2/c20-18(24)11-23-10-13(9-21-23)22-19(25)17-8-16(17)15-7-3-5-12-4-1-2-6-14(12)15/h1-7,9-10,16-17H,8,11H2,(H2,20,24)(H,22,25)/t16-,17+/m1/s1. The Hall–Kier alpha value is -3.15. The highest BCUT2D eigenvalue weighted by atomic mass is 16.2. The summed E-state index contributed by atoms with van der Waals surface area (Å²) >= 11 is 0. The molecule has 1 aliphatic carbocycles. The van der Waals surface area contributed by atoms with Crippen molar-refractivity contribution in [2.45, 2.75) is 18.9 Å². The highest BCUT2D eigenvalue weighted by Gasteiger charge is 2.44. The Balaban J connectivity index is 1.46. The molecule has 4 rings (SSSR count). The number of nitrogens with one attached hydrogen (secondary N) is 1. The van der Waals surface area contributed by atoms with E-state index in [2.05, 4.69) is 34.7 Å². The Morgan fingerprint density at radius 2 is 2.00 bits per heavy atom. The van der Waals surface area contributed by atoms with E-state index in [1.807, 2.05) is 18.2 Å². The molecular formula is C19H18N4O2. The number of aromatic nitrogens is 2. The summed E-state index contributed by atoms with van der Waals surface area (Å²) in [5.74, 6) is -0.284. The van der Waals surface area contributed by atoms with Crippen LogP contribution in [0, 0.1) is 5.92 Å². The minimum Gasteiger partial charge on any atom is -0.368 e. The Kier molecular flexibility index (Phi) is 3.72. The van der Waals surface area contributed by atoms with Gasteiger partial charge in [-0.2, -0.15) is 5.10 Å². The van der Waals surface area contributed by atoms with Gasteiger partial charge in [0, 0.05) is 12.1 Å². The van der Waals surface area contributed by atoms with Crippen molar-refractivity contribution in [2.24, 2.45) is 11.7 Å². The summed E-state index contributed by atoms with van der Waals surface area (Å²) in [7, 11) is 0. The molecule has 6 heteroatoms. The molecule has 1 fully saturated rings. The molecule has 0 spiro atoms. The largest absolute Gasteiger partial charge is 0.368 e. The Morgan fingerprint density at radius 3 is 2.84 bits per heavy atom. The molecule has 2 amide bonds. The van der Waals surface area contributed by atoms with Crippen LogP contribution in [-0.2, 0) is 16.1 Å². The Bertz CT molecular complexity index is 957. The average Bonchev–Trinajstić information content (AvgIpc) is 3.29. The van der Waals surface area contributed by atoms with E-state index in [4.69, 9.17) is 5.73 Å². The number of carbonyl (C=O) groups is 2. The van der Waals surface area contributed by atoms with Crippen molar-refractivity contribution in [1.82, 2.24) is 9.78 Å². The maximum absolute atomic E-state index is 12.5. The minimum absolute atomic E-state index is 0.00205. The molecule has 1 aromatic heterocycles. The van der Waals surface area contributed by atoms with Gasteiger partial charge >= 0.3 is 0 Å². The quantitative estimate of drug-likeness (QED) is 0.750. The van der Waals surface area contributed by atoms with Gasteiger partial charge in [0.15, 0.2) is 0 Å². The molecule has 0 unspecified atom stereocenters. The Labute approximate surface area is 144 Å². The third-order valence-electron chi connectivity index (χ3n) is 4.57. The SMILES string of the molecule is NC(=O)Cn1cc(NC(=O)[C@H]2C[C@@H]2c2cccc3ccccc23)cn1. The minimum atomic E-state index is -0.473. The number of primary amides is 1. The first-order valence-electron chi connectivity index (χ1n) is 8.21. The molecular weight excluding hydrogens is 316 g/mol. The molecule has 2 aromatic carbocycles. The number of benzene rings is 2. The number of nitrogens with two attached hydrogens (primary N) is 1. The van der Waals surface area contributed by atoms with Crippen molar-refractivity contribution in [3.05, 3.63) is 60.4 Å². The molecule has 2 atom stereocenters. The van der Waals surface area contributed by atoms with Crippen molar-refractivity contribution in [3.8, 4) is 0 Å². The molecule has 1 heterocycles. The van der Waals surface area contributed by atoms with Crippen LogP contribution in [0.3, 0.4) is 0 Å². The van der Waals surface area contributed by atoms with Crippen LogP contribution in [0.15, 0.2) is 54.9 Å². The van der Waals surface area contributed by atoms with Crippen LogP contribution in [0.4, 0.5) is 5.69 Å². The molecule has 25 heavy (non-hydrogen) atoms. The zero-order valence-corrected chi connectivity index (χ0v) is 13.6. The van der Waals surface area contributed by atoms with E-state index in [-0.39, 0.29) is 24.3 Å². The summed E-state index contributed by atoms with van der Waals surface area (Å²) in [6.45, 7) is -0.00205. The summed E-state index contributed by atoms with van der Waals surface area (Å²) in [5.41, 5.74) is 6.94. The molecule has 0 bridgehead atoms. The van der Waals surface area contributed by atoms with Gasteiger partial charge in [0.1, 0.15) is 6.54 Å². The maximum atomic E-state index is 12.5. The van der Waals surface area contributed by atoms with Gasteiger partial charge in [0.2, 0.25) is 11.8 Å². The second-order valence-corrected chi connectivity index (χ2v) is 6.40. The number of nitrogens with zero attached hydrogens (tertiary/aromatic N) is 2. The van der Waals surface area contributed by atoms with Crippen LogP contribution < -0.4 is 11.1 Å². The zero-order valence-electron chi connectivity index (χ0n) is 13.6. The molecule has 0 radical (unpaired) electrons. The summed E-state index contributed by atoms with van der Waals surface area (Å²) in [5, 5.41) is 9.28. The second-order valence-electron chi connectivity index (χ2n) is 6.40. The van der Waals surface area contributed by atoms with Crippen LogP contribution in [0.25, 0.3) is 10.8 Å². The van der Waals surface area contributed by atoms with Gasteiger partial charge < -0.3 is 11.1 Å². The van der Waals surface area contributed by atoms with Crippen molar-refractivity contribution in [2.75, 3.05) is 5.32 Å².